The molecule has 3 nitrogen and oxygen atoms in total. The summed E-state index contributed by atoms with van der Waals surface area (Å²) in [4.78, 5) is 0. The van der Waals surface area contributed by atoms with Crippen LogP contribution in [0, 0.1) is 5.92 Å². The second-order valence-electron chi connectivity index (χ2n) is 5.22. The lowest BCUT2D eigenvalue weighted by Crippen LogP contribution is -2.25. The fourth-order valence-corrected chi connectivity index (χ4v) is 2.47. The third-order valence-electron chi connectivity index (χ3n) is 3.46. The molecule has 0 aliphatic carbocycles. The molecule has 1 N–H and O–H groups in total. The van der Waals surface area contributed by atoms with E-state index in [1.807, 2.05) is 18.2 Å². The van der Waals surface area contributed by atoms with Crippen LogP contribution in [0.4, 0.5) is 0 Å². The zero-order valence-corrected chi connectivity index (χ0v) is 14.0. The van der Waals surface area contributed by atoms with Crippen molar-refractivity contribution in [2.45, 2.75) is 26.2 Å². The average molecular weight is 314 g/mol. The molecule has 120 valence electrons. The van der Waals surface area contributed by atoms with Gasteiger partial charge in [0.1, 0.15) is 0 Å². The number of halogens is 1. The Bertz CT molecular complexity index is 374. The highest BCUT2D eigenvalue weighted by molar-refractivity contribution is 6.31. The van der Waals surface area contributed by atoms with Crippen LogP contribution in [0.25, 0.3) is 0 Å². The van der Waals surface area contributed by atoms with Crippen LogP contribution in [0.15, 0.2) is 24.3 Å². The molecular weight excluding hydrogens is 286 g/mol. The van der Waals surface area contributed by atoms with Gasteiger partial charge in [-0.2, -0.15) is 0 Å². The largest absolute Gasteiger partial charge is 0.385 e. The highest BCUT2D eigenvalue weighted by Gasteiger charge is 2.11. The first-order valence-corrected chi connectivity index (χ1v) is 8.16. The van der Waals surface area contributed by atoms with Gasteiger partial charge in [-0.1, -0.05) is 36.7 Å². The zero-order valence-electron chi connectivity index (χ0n) is 13.2. The van der Waals surface area contributed by atoms with E-state index in [-0.39, 0.29) is 0 Å². The Morgan fingerprint density at radius 3 is 2.71 bits per heavy atom. The molecule has 0 saturated heterocycles. The lowest BCUT2D eigenvalue weighted by atomic mass is 9.96. The van der Waals surface area contributed by atoms with Crippen molar-refractivity contribution in [2.24, 2.45) is 5.92 Å². The Labute approximate surface area is 134 Å². The summed E-state index contributed by atoms with van der Waals surface area (Å²) in [5.74, 6) is 0.548. The Hall–Kier alpha value is -0.610. The standard InChI is InChI=1S/C17H28ClNO2/c1-3-19-14-15(9-12-21-11-6-10-20-2)13-16-7-4-5-8-17(16)18/h4-5,7-8,15,19H,3,6,9-14H2,1-2H3. The van der Waals surface area contributed by atoms with Crippen molar-refractivity contribution in [2.75, 3.05) is 40.0 Å². The summed E-state index contributed by atoms with van der Waals surface area (Å²) < 4.78 is 10.7. The number of benzene rings is 1. The summed E-state index contributed by atoms with van der Waals surface area (Å²) >= 11 is 6.26. The van der Waals surface area contributed by atoms with Crippen LogP contribution in [-0.4, -0.2) is 40.0 Å². The first kappa shape index (κ1) is 18.4. The van der Waals surface area contributed by atoms with Crippen molar-refractivity contribution in [3.63, 3.8) is 0 Å². The molecule has 4 heteroatoms. The maximum absolute atomic E-state index is 6.26. The monoisotopic (exact) mass is 313 g/mol. The van der Waals surface area contributed by atoms with E-state index in [1.54, 1.807) is 7.11 Å². The van der Waals surface area contributed by atoms with Gasteiger partial charge in [0.25, 0.3) is 0 Å². The van der Waals surface area contributed by atoms with Crippen molar-refractivity contribution in [3.05, 3.63) is 34.9 Å². The molecule has 1 rings (SSSR count). The van der Waals surface area contributed by atoms with E-state index in [4.69, 9.17) is 21.1 Å². The molecule has 1 aromatic rings. The summed E-state index contributed by atoms with van der Waals surface area (Å²) in [6.45, 7) is 6.46. The minimum absolute atomic E-state index is 0.548. The third kappa shape index (κ3) is 8.42. The second-order valence-corrected chi connectivity index (χ2v) is 5.62. The topological polar surface area (TPSA) is 30.5 Å². The van der Waals surface area contributed by atoms with Crippen LogP contribution in [0.3, 0.4) is 0 Å². The predicted molar refractivity (Wildman–Crippen MR) is 89.1 cm³/mol. The molecule has 0 aromatic heterocycles. The van der Waals surface area contributed by atoms with Crippen molar-refractivity contribution >= 4 is 11.6 Å². The summed E-state index contributed by atoms with van der Waals surface area (Å²) in [6, 6.07) is 8.10. The van der Waals surface area contributed by atoms with Gasteiger partial charge in [0.15, 0.2) is 0 Å². The Morgan fingerprint density at radius 2 is 2.00 bits per heavy atom. The van der Waals surface area contributed by atoms with Crippen LogP contribution >= 0.6 is 11.6 Å². The van der Waals surface area contributed by atoms with E-state index < -0.39 is 0 Å². The Kier molecular flexibility index (Phi) is 10.5. The van der Waals surface area contributed by atoms with Gasteiger partial charge in [0.2, 0.25) is 0 Å². The van der Waals surface area contributed by atoms with Crippen LogP contribution in [-0.2, 0) is 15.9 Å². The van der Waals surface area contributed by atoms with Gasteiger partial charge in [0, 0.05) is 32.0 Å². The Morgan fingerprint density at radius 1 is 1.19 bits per heavy atom. The molecule has 0 fully saturated rings. The Balaban J connectivity index is 2.35. The molecule has 1 unspecified atom stereocenters. The van der Waals surface area contributed by atoms with Crippen LogP contribution in [0.5, 0.6) is 0 Å². The van der Waals surface area contributed by atoms with Crippen LogP contribution in [0.2, 0.25) is 5.02 Å². The summed E-state index contributed by atoms with van der Waals surface area (Å²) in [7, 11) is 1.72. The quantitative estimate of drug-likeness (QED) is 0.599. The first-order valence-electron chi connectivity index (χ1n) is 7.78. The molecule has 0 aliphatic heterocycles. The van der Waals surface area contributed by atoms with E-state index >= 15 is 0 Å². The molecule has 0 spiro atoms. The number of rotatable bonds is 12. The average Bonchev–Trinajstić information content (AvgIpc) is 2.50. The normalized spacial score (nSPS) is 12.5. The fraction of sp³-hybridized carbons (Fsp3) is 0.647. The van der Waals surface area contributed by atoms with Gasteiger partial charge < -0.3 is 14.8 Å². The van der Waals surface area contributed by atoms with Crippen molar-refractivity contribution in [3.8, 4) is 0 Å². The number of nitrogens with one attached hydrogen (secondary N) is 1. The number of methoxy groups -OCH3 is 1. The lowest BCUT2D eigenvalue weighted by molar-refractivity contribution is 0.0936. The van der Waals surface area contributed by atoms with Gasteiger partial charge in [-0.05, 0) is 49.9 Å². The van der Waals surface area contributed by atoms with Gasteiger partial charge in [-0.25, -0.2) is 0 Å². The predicted octanol–water partition coefficient (Wildman–Crippen LogP) is 3.55. The van der Waals surface area contributed by atoms with Gasteiger partial charge in [-0.3, -0.25) is 0 Å². The summed E-state index contributed by atoms with van der Waals surface area (Å²) in [5.41, 5.74) is 1.22. The smallest absolute Gasteiger partial charge is 0.0487 e. The van der Waals surface area contributed by atoms with Gasteiger partial charge >= 0.3 is 0 Å². The lowest BCUT2D eigenvalue weighted by Gasteiger charge is -2.18. The van der Waals surface area contributed by atoms with Crippen molar-refractivity contribution in [1.29, 1.82) is 0 Å². The molecule has 21 heavy (non-hydrogen) atoms. The minimum Gasteiger partial charge on any atom is -0.385 e. The first-order chi connectivity index (χ1) is 10.3. The highest BCUT2D eigenvalue weighted by Crippen LogP contribution is 2.20. The molecule has 0 heterocycles. The number of hydrogen-bond donors (Lipinski definition) is 1. The van der Waals surface area contributed by atoms with Crippen molar-refractivity contribution in [1.82, 2.24) is 5.32 Å². The zero-order chi connectivity index (χ0) is 15.3. The fourth-order valence-electron chi connectivity index (χ4n) is 2.26. The summed E-state index contributed by atoms with van der Waals surface area (Å²) in [5, 5.41) is 4.29. The van der Waals surface area contributed by atoms with E-state index in [2.05, 4.69) is 18.3 Å². The maximum atomic E-state index is 6.26. The number of hydrogen-bond acceptors (Lipinski definition) is 3. The van der Waals surface area contributed by atoms with Crippen LogP contribution in [0.1, 0.15) is 25.3 Å². The molecule has 0 amide bonds. The SMILES string of the molecule is CCNCC(CCOCCCOC)Cc1ccccc1Cl. The van der Waals surface area contributed by atoms with Gasteiger partial charge in [-0.15, -0.1) is 0 Å². The number of ether oxygens (including phenoxy) is 2. The molecule has 1 atom stereocenters. The molecule has 0 aliphatic rings. The minimum atomic E-state index is 0.548. The molecular formula is C17H28ClNO2. The second kappa shape index (κ2) is 12.0. The van der Waals surface area contributed by atoms with Gasteiger partial charge in [0.05, 0.1) is 0 Å². The molecule has 1 aromatic carbocycles. The van der Waals surface area contributed by atoms with E-state index in [0.29, 0.717) is 5.92 Å². The molecule has 0 bridgehead atoms. The maximum Gasteiger partial charge on any atom is 0.0487 e. The van der Waals surface area contributed by atoms with Crippen molar-refractivity contribution < 1.29 is 9.47 Å². The summed E-state index contributed by atoms with van der Waals surface area (Å²) in [6.07, 6.45) is 3.00. The van der Waals surface area contributed by atoms with Crippen LogP contribution < -0.4 is 5.32 Å². The van der Waals surface area contributed by atoms with E-state index in [9.17, 15) is 0 Å². The van der Waals surface area contributed by atoms with E-state index in [1.165, 1.54) is 5.56 Å². The molecule has 0 radical (unpaired) electrons. The molecule has 0 saturated carbocycles. The third-order valence-corrected chi connectivity index (χ3v) is 3.83. The highest BCUT2D eigenvalue weighted by atomic mass is 35.5. The van der Waals surface area contributed by atoms with E-state index in [0.717, 1.165) is 57.2 Å².